The Bertz CT molecular complexity index is 1310. The third-order valence-corrected chi connectivity index (χ3v) is 7.41. The fourth-order valence-corrected chi connectivity index (χ4v) is 5.52. The van der Waals surface area contributed by atoms with E-state index in [1.807, 2.05) is 0 Å². The molecule has 1 aromatic heterocycles. The molecule has 3 rings (SSSR count). The highest BCUT2D eigenvalue weighted by Gasteiger charge is 2.16. The molecule has 3 aromatic rings. The molecule has 29 heavy (non-hydrogen) atoms. The second kappa shape index (κ2) is 8.24. The minimum atomic E-state index is -4.00. The largest absolute Gasteiger partial charge is 0.497 e. The number of primary sulfonamides is 1. The third kappa shape index (κ3) is 4.67. The van der Waals surface area contributed by atoms with Crippen molar-refractivity contribution >= 4 is 41.6 Å². The van der Waals surface area contributed by atoms with Gasteiger partial charge in [-0.2, -0.15) is 8.42 Å². The Balaban J connectivity index is 2.19. The summed E-state index contributed by atoms with van der Waals surface area (Å²) in [6.07, 6.45) is 0. The molecule has 0 spiro atoms. The Morgan fingerprint density at radius 2 is 1.69 bits per heavy atom. The van der Waals surface area contributed by atoms with Crippen LogP contribution < -0.4 is 14.7 Å². The maximum Gasteiger partial charge on any atom is 0.285 e. The smallest absolute Gasteiger partial charge is 0.285 e. The zero-order chi connectivity index (χ0) is 21.2. The van der Waals surface area contributed by atoms with Crippen molar-refractivity contribution in [1.82, 2.24) is 4.57 Å². The zero-order valence-corrected chi connectivity index (χ0v) is 18.1. The summed E-state index contributed by atoms with van der Waals surface area (Å²) in [6.45, 7) is 0.654. The Hall–Kier alpha value is -2.25. The summed E-state index contributed by atoms with van der Waals surface area (Å²) in [4.78, 5) is 0.147. The molecule has 0 bridgehead atoms. The monoisotopic (exact) mass is 457 g/mol. The predicted octanol–water partition coefficient (Wildman–Crippen LogP) is 1.29. The number of methoxy groups -OCH3 is 2. The molecule has 2 N–H and O–H groups in total. The van der Waals surface area contributed by atoms with Crippen molar-refractivity contribution in [2.75, 3.05) is 20.8 Å². The number of nitrogens with zero attached hydrogens (tertiary/aromatic N) is 2. The molecule has 0 unspecified atom stereocenters. The molecule has 1 heterocycles. The van der Waals surface area contributed by atoms with E-state index in [1.165, 1.54) is 50.6 Å². The second-order valence-electron chi connectivity index (χ2n) is 5.95. The van der Waals surface area contributed by atoms with E-state index in [-0.39, 0.29) is 14.6 Å². The Morgan fingerprint density at radius 3 is 2.28 bits per heavy atom. The summed E-state index contributed by atoms with van der Waals surface area (Å²) in [6, 6.07) is 10.2. The number of benzene rings is 2. The van der Waals surface area contributed by atoms with Gasteiger partial charge in [-0.3, -0.25) is 0 Å². The van der Waals surface area contributed by atoms with Crippen molar-refractivity contribution < 1.29 is 26.3 Å². The first-order valence-electron chi connectivity index (χ1n) is 8.26. The third-order valence-electron chi connectivity index (χ3n) is 4.06. The second-order valence-corrected chi connectivity index (χ2v) is 10.1. The summed E-state index contributed by atoms with van der Waals surface area (Å²) in [7, 11) is -4.87. The van der Waals surface area contributed by atoms with E-state index in [0.29, 0.717) is 29.1 Å². The standard InChI is InChI=1S/C17H19N3O6S3/c1-25-10-9-20-15-8-7-14(28(18,21)22)11-16(15)27-17(20)19-29(23,24)13-5-3-12(26-2)4-6-13/h3-8,11H,9-10H2,1-2H3,(H2,18,21,22)/b19-17-. The van der Waals surface area contributed by atoms with E-state index in [0.717, 1.165) is 11.3 Å². The number of fused-ring (bicyclic) bond motifs is 1. The van der Waals surface area contributed by atoms with Gasteiger partial charge in [0.2, 0.25) is 14.8 Å². The molecule has 0 fully saturated rings. The first-order valence-corrected chi connectivity index (χ1v) is 12.1. The number of hydrogen-bond acceptors (Lipinski definition) is 7. The van der Waals surface area contributed by atoms with Crippen molar-refractivity contribution in [1.29, 1.82) is 0 Å². The zero-order valence-electron chi connectivity index (χ0n) is 15.6. The highest BCUT2D eigenvalue weighted by molar-refractivity contribution is 7.90. The number of thiazole rings is 1. The molecule has 0 saturated heterocycles. The summed E-state index contributed by atoms with van der Waals surface area (Å²) in [5.74, 6) is 0.525. The fraction of sp³-hybridized carbons (Fsp3) is 0.235. The average molecular weight is 458 g/mol. The molecule has 0 atom stereocenters. The van der Waals surface area contributed by atoms with Crippen LogP contribution in [0, 0.1) is 0 Å². The molecular weight excluding hydrogens is 438 g/mol. The number of nitrogens with two attached hydrogens (primary N) is 1. The summed E-state index contributed by atoms with van der Waals surface area (Å²) >= 11 is 1.05. The normalized spacial score (nSPS) is 13.1. The van der Waals surface area contributed by atoms with Gasteiger partial charge in [-0.25, -0.2) is 13.6 Å². The number of hydrogen-bond donors (Lipinski definition) is 1. The predicted molar refractivity (Wildman–Crippen MR) is 109 cm³/mol. The van der Waals surface area contributed by atoms with Gasteiger partial charge in [0.15, 0.2) is 0 Å². The van der Waals surface area contributed by atoms with Crippen LogP contribution in [-0.2, 0) is 31.3 Å². The van der Waals surface area contributed by atoms with E-state index < -0.39 is 20.0 Å². The van der Waals surface area contributed by atoms with Gasteiger partial charge in [0.05, 0.1) is 33.7 Å². The first-order chi connectivity index (χ1) is 13.7. The summed E-state index contributed by atoms with van der Waals surface area (Å²) < 4.78 is 65.1. The van der Waals surface area contributed by atoms with Crippen LogP contribution in [-0.4, -0.2) is 42.2 Å². The molecule has 12 heteroatoms. The van der Waals surface area contributed by atoms with Crippen LogP contribution in [0.25, 0.3) is 10.2 Å². The lowest BCUT2D eigenvalue weighted by Gasteiger charge is -2.05. The van der Waals surface area contributed by atoms with Crippen LogP contribution in [0.15, 0.2) is 56.7 Å². The highest BCUT2D eigenvalue weighted by Crippen LogP contribution is 2.22. The van der Waals surface area contributed by atoms with E-state index in [2.05, 4.69) is 4.40 Å². The average Bonchev–Trinajstić information content (AvgIpc) is 3.01. The Labute approximate surface area is 172 Å². The number of aromatic nitrogens is 1. The van der Waals surface area contributed by atoms with Crippen molar-refractivity contribution in [3.63, 3.8) is 0 Å². The van der Waals surface area contributed by atoms with E-state index in [9.17, 15) is 16.8 Å². The minimum absolute atomic E-state index is 0.0132. The molecule has 0 aliphatic carbocycles. The number of sulfonamides is 2. The molecule has 156 valence electrons. The lowest BCUT2D eigenvalue weighted by Crippen LogP contribution is -2.19. The first kappa shape index (κ1) is 21.5. The molecule has 0 radical (unpaired) electrons. The van der Waals surface area contributed by atoms with Gasteiger partial charge in [0.1, 0.15) is 5.75 Å². The van der Waals surface area contributed by atoms with Gasteiger partial charge in [-0.15, -0.1) is 4.40 Å². The molecule has 0 aliphatic heterocycles. The summed E-state index contributed by atoms with van der Waals surface area (Å²) in [5, 5.41) is 5.19. The Morgan fingerprint density at radius 1 is 1.03 bits per heavy atom. The molecule has 2 aromatic carbocycles. The highest BCUT2D eigenvalue weighted by atomic mass is 32.2. The Kier molecular flexibility index (Phi) is 6.10. The lowest BCUT2D eigenvalue weighted by atomic mass is 10.3. The van der Waals surface area contributed by atoms with Gasteiger partial charge in [0.25, 0.3) is 10.0 Å². The SMILES string of the molecule is COCCn1/c(=N/S(=O)(=O)c2ccc(OC)cc2)sc2cc(S(N)(=O)=O)ccc21. The van der Waals surface area contributed by atoms with Crippen LogP contribution in [0.4, 0.5) is 0 Å². The molecule has 0 aliphatic rings. The van der Waals surface area contributed by atoms with Crippen LogP contribution in [0.1, 0.15) is 0 Å². The molecule has 0 saturated carbocycles. The number of rotatable bonds is 7. The van der Waals surface area contributed by atoms with Gasteiger partial charge in [0, 0.05) is 13.7 Å². The maximum atomic E-state index is 12.8. The topological polar surface area (TPSA) is 130 Å². The van der Waals surface area contributed by atoms with E-state index in [4.69, 9.17) is 14.6 Å². The molecule has 0 amide bonds. The van der Waals surface area contributed by atoms with Crippen LogP contribution in [0.5, 0.6) is 5.75 Å². The minimum Gasteiger partial charge on any atom is -0.497 e. The quantitative estimate of drug-likeness (QED) is 0.569. The van der Waals surface area contributed by atoms with Crippen molar-refractivity contribution in [3.05, 3.63) is 47.3 Å². The van der Waals surface area contributed by atoms with Crippen molar-refractivity contribution in [2.45, 2.75) is 16.3 Å². The molecular formula is C17H19N3O6S3. The molecule has 9 nitrogen and oxygen atoms in total. The maximum absolute atomic E-state index is 12.8. The van der Waals surface area contributed by atoms with Crippen molar-refractivity contribution in [2.24, 2.45) is 9.54 Å². The fourth-order valence-electron chi connectivity index (χ4n) is 2.60. The van der Waals surface area contributed by atoms with Crippen LogP contribution in [0.3, 0.4) is 0 Å². The van der Waals surface area contributed by atoms with E-state index >= 15 is 0 Å². The van der Waals surface area contributed by atoms with Crippen LogP contribution in [0.2, 0.25) is 0 Å². The van der Waals surface area contributed by atoms with Gasteiger partial charge < -0.3 is 14.0 Å². The number of ether oxygens (including phenoxy) is 2. The van der Waals surface area contributed by atoms with Crippen LogP contribution >= 0.6 is 11.3 Å². The van der Waals surface area contributed by atoms with Gasteiger partial charge in [-0.05, 0) is 42.5 Å². The van der Waals surface area contributed by atoms with Gasteiger partial charge >= 0.3 is 0 Å². The summed E-state index contributed by atoms with van der Waals surface area (Å²) in [5.41, 5.74) is 0.628. The van der Waals surface area contributed by atoms with E-state index in [1.54, 1.807) is 10.6 Å². The van der Waals surface area contributed by atoms with Crippen molar-refractivity contribution in [3.8, 4) is 5.75 Å². The van der Waals surface area contributed by atoms with Gasteiger partial charge in [-0.1, -0.05) is 11.3 Å². The lowest BCUT2D eigenvalue weighted by molar-refractivity contribution is 0.187.